The molecule has 0 spiro atoms. The predicted molar refractivity (Wildman–Crippen MR) is 69.9 cm³/mol. The Morgan fingerprint density at radius 2 is 2.11 bits per heavy atom. The van der Waals surface area contributed by atoms with E-state index in [1.807, 2.05) is 18.2 Å². The molecule has 0 amide bonds. The van der Waals surface area contributed by atoms with Crippen molar-refractivity contribution in [1.82, 2.24) is 9.78 Å². The number of hydrogen-bond donors (Lipinski definition) is 1. The normalized spacial score (nSPS) is 16.4. The summed E-state index contributed by atoms with van der Waals surface area (Å²) >= 11 is 0. The van der Waals surface area contributed by atoms with Gasteiger partial charge >= 0.3 is 5.97 Å². The Bertz CT molecular complexity index is 701. The van der Waals surface area contributed by atoms with Gasteiger partial charge in [-0.3, -0.25) is 14.3 Å². The molecule has 0 atom stereocenters. The topological polar surface area (TPSA) is 72.2 Å². The molecule has 1 heterocycles. The molecule has 5 nitrogen and oxygen atoms in total. The Hall–Kier alpha value is -2.17. The van der Waals surface area contributed by atoms with E-state index in [1.165, 1.54) is 6.20 Å². The summed E-state index contributed by atoms with van der Waals surface area (Å²) in [6.07, 6.45) is 3.27. The highest BCUT2D eigenvalue weighted by molar-refractivity contribution is 5.78. The van der Waals surface area contributed by atoms with Gasteiger partial charge < -0.3 is 5.11 Å². The predicted octanol–water partition coefficient (Wildman–Crippen LogP) is 1.65. The zero-order chi connectivity index (χ0) is 13.5. The number of hydrogen-bond acceptors (Lipinski definition) is 3. The quantitative estimate of drug-likeness (QED) is 0.905. The zero-order valence-corrected chi connectivity index (χ0v) is 10.4. The van der Waals surface area contributed by atoms with Gasteiger partial charge in [0.05, 0.1) is 18.1 Å². The fourth-order valence-corrected chi connectivity index (χ4v) is 2.49. The Kier molecular flexibility index (Phi) is 2.62. The first-order valence-corrected chi connectivity index (χ1v) is 6.26. The molecule has 0 aliphatic heterocycles. The van der Waals surface area contributed by atoms with Crippen molar-refractivity contribution in [2.45, 2.75) is 25.8 Å². The number of fused-ring (bicyclic) bond motifs is 1. The number of carboxylic acids is 1. The lowest BCUT2D eigenvalue weighted by atomic mass is 10.0. The van der Waals surface area contributed by atoms with Crippen molar-refractivity contribution in [3.63, 3.8) is 0 Å². The van der Waals surface area contributed by atoms with Gasteiger partial charge in [-0.05, 0) is 25.0 Å². The molecule has 0 radical (unpaired) electrons. The first-order valence-electron chi connectivity index (χ1n) is 6.26. The molecule has 19 heavy (non-hydrogen) atoms. The van der Waals surface area contributed by atoms with Crippen molar-refractivity contribution in [2.24, 2.45) is 5.41 Å². The third-order valence-electron chi connectivity index (χ3n) is 3.73. The molecule has 0 unspecified atom stereocenters. The summed E-state index contributed by atoms with van der Waals surface area (Å²) in [5.74, 6) is -0.775. The van der Waals surface area contributed by atoms with Crippen LogP contribution < -0.4 is 5.43 Å². The van der Waals surface area contributed by atoms with Crippen molar-refractivity contribution in [3.05, 3.63) is 40.7 Å². The van der Waals surface area contributed by atoms with Crippen molar-refractivity contribution in [3.8, 4) is 0 Å². The second-order valence-electron chi connectivity index (χ2n) is 5.25. The molecule has 5 heteroatoms. The standard InChI is InChI=1S/C14H14N2O3/c17-12-8-15-16(11-4-2-1-3-10(11)12)9-14(5-6-14)7-13(18)19/h1-4,8H,5-7,9H2,(H,18,19). The van der Waals surface area contributed by atoms with Crippen molar-refractivity contribution >= 4 is 16.9 Å². The maximum Gasteiger partial charge on any atom is 0.303 e. The lowest BCUT2D eigenvalue weighted by Gasteiger charge is -2.15. The van der Waals surface area contributed by atoms with Gasteiger partial charge in [-0.2, -0.15) is 5.10 Å². The van der Waals surface area contributed by atoms with Gasteiger partial charge in [-0.1, -0.05) is 12.1 Å². The number of nitrogens with zero attached hydrogens (tertiary/aromatic N) is 2. The van der Waals surface area contributed by atoms with Crippen LogP contribution in [0.2, 0.25) is 0 Å². The molecule has 1 aliphatic rings. The van der Waals surface area contributed by atoms with E-state index in [0.29, 0.717) is 11.9 Å². The number of carbonyl (C=O) groups is 1. The highest BCUT2D eigenvalue weighted by Crippen LogP contribution is 2.50. The van der Waals surface area contributed by atoms with Crippen molar-refractivity contribution < 1.29 is 9.90 Å². The molecule has 3 rings (SSSR count). The van der Waals surface area contributed by atoms with Gasteiger partial charge in [-0.25, -0.2) is 0 Å². The van der Waals surface area contributed by atoms with E-state index >= 15 is 0 Å². The molecule has 1 aromatic carbocycles. The molecule has 1 N–H and O–H groups in total. The van der Waals surface area contributed by atoms with E-state index in [0.717, 1.165) is 18.4 Å². The SMILES string of the molecule is O=C(O)CC1(Cn2ncc(=O)c3ccccc32)CC1. The Morgan fingerprint density at radius 3 is 2.79 bits per heavy atom. The van der Waals surface area contributed by atoms with Crippen LogP contribution in [-0.2, 0) is 11.3 Å². The van der Waals surface area contributed by atoms with Crippen LogP contribution in [0.4, 0.5) is 0 Å². The van der Waals surface area contributed by atoms with E-state index in [9.17, 15) is 9.59 Å². The van der Waals surface area contributed by atoms with Crippen molar-refractivity contribution in [2.75, 3.05) is 0 Å². The van der Waals surface area contributed by atoms with Crippen LogP contribution in [0.3, 0.4) is 0 Å². The summed E-state index contributed by atoms with van der Waals surface area (Å²) in [6, 6.07) is 7.29. The fourth-order valence-electron chi connectivity index (χ4n) is 2.49. The molecule has 1 aliphatic carbocycles. The number of benzene rings is 1. The number of para-hydroxylation sites is 1. The molecule has 1 saturated carbocycles. The minimum absolute atomic E-state index is 0.102. The maximum atomic E-state index is 11.7. The minimum Gasteiger partial charge on any atom is -0.481 e. The van der Waals surface area contributed by atoms with Gasteiger partial charge in [0.25, 0.3) is 0 Å². The second kappa shape index (κ2) is 4.19. The molecular formula is C14H14N2O3. The average molecular weight is 258 g/mol. The third-order valence-corrected chi connectivity index (χ3v) is 3.73. The highest BCUT2D eigenvalue weighted by atomic mass is 16.4. The van der Waals surface area contributed by atoms with E-state index in [1.54, 1.807) is 10.7 Å². The fraction of sp³-hybridized carbons (Fsp3) is 0.357. The van der Waals surface area contributed by atoms with Gasteiger partial charge in [0.2, 0.25) is 5.43 Å². The van der Waals surface area contributed by atoms with Gasteiger partial charge in [-0.15, -0.1) is 0 Å². The summed E-state index contributed by atoms with van der Waals surface area (Å²) in [7, 11) is 0. The molecule has 1 fully saturated rings. The van der Waals surface area contributed by atoms with Crippen LogP contribution in [-0.4, -0.2) is 20.9 Å². The maximum absolute atomic E-state index is 11.7. The number of rotatable bonds is 4. The van der Waals surface area contributed by atoms with Crippen LogP contribution in [0.15, 0.2) is 35.3 Å². The first-order chi connectivity index (χ1) is 9.10. The van der Waals surface area contributed by atoms with Crippen LogP contribution in [0.1, 0.15) is 19.3 Å². The third kappa shape index (κ3) is 2.23. The summed E-state index contributed by atoms with van der Waals surface area (Å²) in [6.45, 7) is 0.556. The van der Waals surface area contributed by atoms with E-state index in [4.69, 9.17) is 5.11 Å². The molecule has 0 bridgehead atoms. The van der Waals surface area contributed by atoms with Gasteiger partial charge in [0.15, 0.2) is 0 Å². The van der Waals surface area contributed by atoms with Gasteiger partial charge in [0.1, 0.15) is 0 Å². The number of carboxylic acid groups (broad SMARTS) is 1. The Balaban J connectivity index is 2.00. The number of aromatic nitrogens is 2. The highest BCUT2D eigenvalue weighted by Gasteiger charge is 2.45. The van der Waals surface area contributed by atoms with Gasteiger partial charge in [0, 0.05) is 17.3 Å². The number of aliphatic carboxylic acids is 1. The summed E-state index contributed by atoms with van der Waals surface area (Å²) < 4.78 is 1.76. The van der Waals surface area contributed by atoms with Crippen molar-refractivity contribution in [1.29, 1.82) is 0 Å². The van der Waals surface area contributed by atoms with E-state index in [-0.39, 0.29) is 17.3 Å². The lowest BCUT2D eigenvalue weighted by molar-refractivity contribution is -0.138. The largest absolute Gasteiger partial charge is 0.481 e. The first kappa shape index (κ1) is 11.9. The Labute approximate surface area is 109 Å². The average Bonchev–Trinajstić information content (AvgIpc) is 3.12. The molecular weight excluding hydrogens is 244 g/mol. The van der Waals surface area contributed by atoms with Crippen LogP contribution in [0, 0.1) is 5.41 Å². The van der Waals surface area contributed by atoms with Crippen LogP contribution in [0.25, 0.3) is 10.9 Å². The minimum atomic E-state index is -0.775. The summed E-state index contributed by atoms with van der Waals surface area (Å²) in [5.41, 5.74) is 0.484. The lowest BCUT2D eigenvalue weighted by Crippen LogP contribution is -2.20. The smallest absolute Gasteiger partial charge is 0.303 e. The van der Waals surface area contributed by atoms with Crippen LogP contribution >= 0.6 is 0 Å². The molecule has 98 valence electrons. The monoisotopic (exact) mass is 258 g/mol. The van der Waals surface area contributed by atoms with Crippen LogP contribution in [0.5, 0.6) is 0 Å². The zero-order valence-electron chi connectivity index (χ0n) is 10.4. The van der Waals surface area contributed by atoms with E-state index < -0.39 is 5.97 Å². The molecule has 0 saturated heterocycles. The second-order valence-corrected chi connectivity index (χ2v) is 5.25. The molecule has 2 aromatic rings. The molecule has 1 aromatic heterocycles. The summed E-state index contributed by atoms with van der Waals surface area (Å²) in [5, 5.41) is 13.7. The van der Waals surface area contributed by atoms with E-state index in [2.05, 4.69) is 5.10 Å². The Morgan fingerprint density at radius 1 is 1.37 bits per heavy atom. The summed E-state index contributed by atoms with van der Waals surface area (Å²) in [4.78, 5) is 22.6.